The van der Waals surface area contributed by atoms with E-state index >= 15 is 0 Å². The smallest absolute Gasteiger partial charge is 0.161 e. The molecule has 1 aliphatic heterocycles. The summed E-state index contributed by atoms with van der Waals surface area (Å²) in [6.07, 6.45) is 0.0995. The zero-order valence-electron chi connectivity index (χ0n) is 4.12. The lowest BCUT2D eigenvalue weighted by atomic mass is 10.4. The molecule has 0 unspecified atom stereocenters. The number of ketones is 1. The summed E-state index contributed by atoms with van der Waals surface area (Å²) >= 11 is 0. The van der Waals surface area contributed by atoms with Crippen molar-refractivity contribution in [3.8, 4) is 0 Å². The molecule has 0 bridgehead atoms. The van der Waals surface area contributed by atoms with E-state index < -0.39 is 9.84 Å². The van der Waals surface area contributed by atoms with Crippen molar-refractivity contribution in [2.75, 3.05) is 5.75 Å². The van der Waals surface area contributed by atoms with Crippen LogP contribution in [0.5, 0.6) is 0 Å². The van der Waals surface area contributed by atoms with Gasteiger partial charge in [0, 0.05) is 6.42 Å². The van der Waals surface area contributed by atoms with Crippen molar-refractivity contribution in [2.24, 2.45) is 0 Å². The average Bonchev–Trinajstić information content (AvgIpc) is 1.82. The van der Waals surface area contributed by atoms with Crippen LogP contribution in [0.15, 0.2) is 0 Å². The van der Waals surface area contributed by atoms with Gasteiger partial charge in [-0.3, -0.25) is 4.79 Å². The molecule has 0 atom stereocenters. The second-order valence-corrected chi connectivity index (χ2v) is 3.66. The second kappa shape index (κ2) is 1.55. The van der Waals surface area contributed by atoms with E-state index in [9.17, 15) is 13.2 Å². The van der Waals surface area contributed by atoms with Gasteiger partial charge in [0.1, 0.15) is 11.5 Å². The van der Waals surface area contributed by atoms with E-state index in [1.165, 1.54) is 0 Å². The number of hydrogen-bond donors (Lipinski definition) is 0. The van der Waals surface area contributed by atoms with Gasteiger partial charge in [-0.05, 0) is 0 Å². The number of carbonyl (C=O) groups is 1. The topological polar surface area (TPSA) is 51.2 Å². The molecule has 8 heavy (non-hydrogen) atoms. The molecule has 1 fully saturated rings. The van der Waals surface area contributed by atoms with E-state index in [2.05, 4.69) is 0 Å². The van der Waals surface area contributed by atoms with Crippen molar-refractivity contribution in [2.45, 2.75) is 6.42 Å². The van der Waals surface area contributed by atoms with Gasteiger partial charge >= 0.3 is 0 Å². The first-order valence-electron chi connectivity index (χ1n) is 2.18. The molecule has 0 spiro atoms. The Bertz CT molecular complexity index is 201. The van der Waals surface area contributed by atoms with E-state index in [0.29, 0.717) is 0 Å². The summed E-state index contributed by atoms with van der Waals surface area (Å²) in [7, 11) is -3.07. The highest BCUT2D eigenvalue weighted by Crippen LogP contribution is 2.10. The number of hydrogen-bond acceptors (Lipinski definition) is 3. The molecule has 0 aromatic carbocycles. The van der Waals surface area contributed by atoms with Crippen LogP contribution in [0.4, 0.5) is 0 Å². The summed E-state index contributed by atoms with van der Waals surface area (Å²) in [6, 6.07) is 0. The second-order valence-electron chi connectivity index (χ2n) is 1.72. The summed E-state index contributed by atoms with van der Waals surface area (Å²) in [5, 5.41) is 0. The Kier molecular flexibility index (Phi) is 1.11. The summed E-state index contributed by atoms with van der Waals surface area (Å²) < 4.78 is 20.7. The average molecular weight is 133 g/mol. The van der Waals surface area contributed by atoms with Gasteiger partial charge in [0.2, 0.25) is 0 Å². The van der Waals surface area contributed by atoms with Gasteiger partial charge in [-0.1, -0.05) is 0 Å². The number of rotatable bonds is 0. The standard InChI is InChI=1S/C4H5O3S/c5-4-1-2-8(6,7)3-4/h2H,1,3H2. The minimum atomic E-state index is -3.07. The van der Waals surface area contributed by atoms with Crippen molar-refractivity contribution in [3.63, 3.8) is 0 Å². The molecule has 1 heterocycles. The fraction of sp³-hybridized carbons (Fsp3) is 0.500. The highest BCUT2D eigenvalue weighted by atomic mass is 32.2. The van der Waals surface area contributed by atoms with Gasteiger partial charge < -0.3 is 0 Å². The lowest BCUT2D eigenvalue weighted by molar-refractivity contribution is -0.115. The number of Topliss-reactive ketones (excluding diaryl/α,β-unsaturated/α-hetero) is 1. The molecule has 3 nitrogen and oxygen atoms in total. The quantitative estimate of drug-likeness (QED) is 0.449. The molecule has 45 valence electrons. The Balaban J connectivity index is 2.86. The molecule has 0 N–H and O–H groups in total. The zero-order valence-corrected chi connectivity index (χ0v) is 4.94. The van der Waals surface area contributed by atoms with Gasteiger partial charge in [0.25, 0.3) is 0 Å². The molecule has 0 aromatic heterocycles. The molecule has 1 saturated heterocycles. The third-order valence-corrected chi connectivity index (χ3v) is 2.33. The van der Waals surface area contributed by atoms with Gasteiger partial charge in [-0.15, -0.1) is 0 Å². The van der Waals surface area contributed by atoms with Gasteiger partial charge in [0.05, 0.1) is 5.75 Å². The lowest BCUT2D eigenvalue weighted by Gasteiger charge is -1.79. The van der Waals surface area contributed by atoms with Gasteiger partial charge in [-0.2, -0.15) is 0 Å². The van der Waals surface area contributed by atoms with E-state index in [1.807, 2.05) is 0 Å². The first-order valence-corrected chi connectivity index (χ1v) is 3.89. The van der Waals surface area contributed by atoms with Crippen molar-refractivity contribution in [3.05, 3.63) is 5.75 Å². The van der Waals surface area contributed by atoms with Crippen molar-refractivity contribution in [1.29, 1.82) is 0 Å². The summed E-state index contributed by atoms with van der Waals surface area (Å²) in [6.45, 7) is 0. The van der Waals surface area contributed by atoms with E-state index in [1.54, 1.807) is 0 Å². The first kappa shape index (κ1) is 5.75. The SMILES string of the molecule is O=C1C[CH]S(=O)(=O)C1. The monoisotopic (exact) mass is 133 g/mol. The minimum Gasteiger partial charge on any atom is -0.299 e. The predicted octanol–water partition coefficient (Wildman–Crippen LogP) is -0.464. The van der Waals surface area contributed by atoms with E-state index in [-0.39, 0.29) is 18.0 Å². The third-order valence-electron chi connectivity index (χ3n) is 0.927. The lowest BCUT2D eigenvalue weighted by Crippen LogP contribution is -2.01. The van der Waals surface area contributed by atoms with Crippen LogP contribution in [0.25, 0.3) is 0 Å². The maximum absolute atomic E-state index is 10.4. The highest BCUT2D eigenvalue weighted by molar-refractivity contribution is 7.94. The molecule has 0 saturated carbocycles. The molecule has 0 aromatic rings. The van der Waals surface area contributed by atoms with Crippen LogP contribution >= 0.6 is 0 Å². The first-order chi connectivity index (χ1) is 3.60. The molecule has 4 heteroatoms. The molecular weight excluding hydrogens is 128 g/mol. The highest BCUT2D eigenvalue weighted by Gasteiger charge is 2.25. The van der Waals surface area contributed by atoms with Crippen molar-refractivity contribution >= 4 is 15.6 Å². The summed E-state index contributed by atoms with van der Waals surface area (Å²) in [4.78, 5) is 10.2. The Hall–Kier alpha value is -0.380. The molecule has 0 amide bonds. The molecule has 1 aliphatic rings. The van der Waals surface area contributed by atoms with Crippen molar-refractivity contribution < 1.29 is 13.2 Å². The number of sulfone groups is 1. The van der Waals surface area contributed by atoms with Crippen LogP contribution in [0.1, 0.15) is 6.42 Å². The fourth-order valence-electron chi connectivity index (χ4n) is 0.562. The van der Waals surface area contributed by atoms with Crippen molar-refractivity contribution in [1.82, 2.24) is 0 Å². The van der Waals surface area contributed by atoms with Crippen LogP contribution in [-0.2, 0) is 14.6 Å². The number of carbonyl (C=O) groups excluding carboxylic acids is 1. The van der Waals surface area contributed by atoms with Gasteiger partial charge in [-0.25, -0.2) is 8.42 Å². The largest absolute Gasteiger partial charge is 0.299 e. The predicted molar refractivity (Wildman–Crippen MR) is 27.7 cm³/mol. The molecular formula is C4H5O3S. The van der Waals surface area contributed by atoms with Crippen LogP contribution in [0.3, 0.4) is 0 Å². The fourth-order valence-corrected chi connectivity index (χ4v) is 1.69. The van der Waals surface area contributed by atoms with E-state index in [4.69, 9.17) is 0 Å². The summed E-state index contributed by atoms with van der Waals surface area (Å²) in [5.74, 6) is 0.576. The molecule has 1 rings (SSSR count). The van der Waals surface area contributed by atoms with Gasteiger partial charge in [0.15, 0.2) is 9.84 Å². The molecule has 1 radical (unpaired) electrons. The minimum absolute atomic E-state index is 0.0995. The third kappa shape index (κ3) is 1.06. The summed E-state index contributed by atoms with van der Waals surface area (Å²) in [5.41, 5.74) is 0. The van der Waals surface area contributed by atoms with Crippen LogP contribution in [0, 0.1) is 5.75 Å². The maximum Gasteiger partial charge on any atom is 0.161 e. The Morgan fingerprint density at radius 3 is 2.25 bits per heavy atom. The van der Waals surface area contributed by atoms with E-state index in [0.717, 1.165) is 5.75 Å². The normalized spacial score (nSPS) is 26.2. The van der Waals surface area contributed by atoms with Crippen LogP contribution in [0.2, 0.25) is 0 Å². The van der Waals surface area contributed by atoms with Crippen LogP contribution in [-0.4, -0.2) is 20.0 Å². The Labute approximate surface area is 47.6 Å². The Morgan fingerprint density at radius 2 is 2.12 bits per heavy atom. The molecule has 0 aliphatic carbocycles. The zero-order chi connectivity index (χ0) is 6.20. The maximum atomic E-state index is 10.4. The van der Waals surface area contributed by atoms with Crippen LogP contribution < -0.4 is 0 Å². The Morgan fingerprint density at radius 1 is 1.50 bits per heavy atom.